The molecule has 0 saturated heterocycles. The zero-order valence-corrected chi connectivity index (χ0v) is 12.2. The third-order valence-corrected chi connectivity index (χ3v) is 4.07. The van der Waals surface area contributed by atoms with Gasteiger partial charge in [0.15, 0.2) is 0 Å². The predicted molar refractivity (Wildman–Crippen MR) is 77.7 cm³/mol. The Labute approximate surface area is 124 Å². The van der Waals surface area contributed by atoms with Gasteiger partial charge in [-0.3, -0.25) is 4.79 Å². The number of imidazole rings is 1. The van der Waals surface area contributed by atoms with E-state index in [2.05, 4.69) is 15.3 Å². The van der Waals surface area contributed by atoms with Gasteiger partial charge in [-0.25, -0.2) is 9.78 Å². The molecule has 6 heteroatoms. The van der Waals surface area contributed by atoms with E-state index >= 15 is 0 Å². The molecule has 116 valence electrons. The van der Waals surface area contributed by atoms with E-state index in [1.807, 2.05) is 0 Å². The van der Waals surface area contributed by atoms with Crippen LogP contribution in [0.5, 0.6) is 0 Å². The molecule has 0 spiro atoms. The predicted octanol–water partition coefficient (Wildman–Crippen LogP) is 1.88. The number of hydrogen-bond acceptors (Lipinski definition) is 3. The van der Waals surface area contributed by atoms with Gasteiger partial charge in [-0.1, -0.05) is 32.1 Å². The van der Waals surface area contributed by atoms with Crippen LogP contribution in [0.1, 0.15) is 50.6 Å². The molecule has 6 nitrogen and oxygen atoms in total. The largest absolute Gasteiger partial charge is 0.480 e. The van der Waals surface area contributed by atoms with Crippen molar-refractivity contribution in [1.82, 2.24) is 15.3 Å². The molecule has 1 atom stereocenters. The first-order valence-corrected chi connectivity index (χ1v) is 7.67. The summed E-state index contributed by atoms with van der Waals surface area (Å²) >= 11 is 0. The first-order chi connectivity index (χ1) is 10.2. The van der Waals surface area contributed by atoms with E-state index in [0.717, 1.165) is 25.7 Å². The second-order valence-corrected chi connectivity index (χ2v) is 5.72. The molecule has 1 aliphatic carbocycles. The number of aliphatic carboxylic acids is 1. The van der Waals surface area contributed by atoms with E-state index in [0.29, 0.717) is 5.69 Å². The number of H-pyrrole nitrogens is 1. The summed E-state index contributed by atoms with van der Waals surface area (Å²) in [6.07, 6.45) is 10.7. The number of aromatic nitrogens is 2. The van der Waals surface area contributed by atoms with Crippen LogP contribution in [0.25, 0.3) is 0 Å². The number of carbonyl (C=O) groups excluding carboxylic acids is 1. The Kier molecular flexibility index (Phi) is 5.78. The Morgan fingerprint density at radius 1 is 1.29 bits per heavy atom. The van der Waals surface area contributed by atoms with Crippen molar-refractivity contribution in [3.8, 4) is 0 Å². The first-order valence-electron chi connectivity index (χ1n) is 7.67. The van der Waals surface area contributed by atoms with E-state index in [-0.39, 0.29) is 18.2 Å². The van der Waals surface area contributed by atoms with Crippen LogP contribution in [0.4, 0.5) is 0 Å². The van der Waals surface area contributed by atoms with E-state index in [1.165, 1.54) is 25.6 Å². The third kappa shape index (κ3) is 4.88. The average molecular weight is 293 g/mol. The van der Waals surface area contributed by atoms with E-state index < -0.39 is 12.0 Å². The molecule has 1 aliphatic rings. The second-order valence-electron chi connectivity index (χ2n) is 5.72. The van der Waals surface area contributed by atoms with Crippen LogP contribution in [0.15, 0.2) is 12.5 Å². The van der Waals surface area contributed by atoms with Crippen molar-refractivity contribution in [3.63, 3.8) is 0 Å². The molecule has 0 radical (unpaired) electrons. The van der Waals surface area contributed by atoms with E-state index in [9.17, 15) is 14.7 Å². The van der Waals surface area contributed by atoms with E-state index in [1.54, 1.807) is 6.20 Å². The lowest BCUT2D eigenvalue weighted by Crippen LogP contribution is -2.45. The van der Waals surface area contributed by atoms with Crippen molar-refractivity contribution in [2.45, 2.75) is 57.4 Å². The number of nitrogens with one attached hydrogen (secondary N) is 2. The molecule has 1 fully saturated rings. The quantitative estimate of drug-likeness (QED) is 0.772. The van der Waals surface area contributed by atoms with Gasteiger partial charge in [0.2, 0.25) is 5.91 Å². The van der Waals surface area contributed by atoms with Crippen LogP contribution in [-0.2, 0) is 16.0 Å². The lowest BCUT2D eigenvalue weighted by Gasteiger charge is -2.21. The van der Waals surface area contributed by atoms with Crippen molar-refractivity contribution in [3.05, 3.63) is 18.2 Å². The van der Waals surface area contributed by atoms with Gasteiger partial charge in [0.25, 0.3) is 0 Å². The lowest BCUT2D eigenvalue weighted by molar-refractivity contribution is -0.142. The fourth-order valence-corrected chi connectivity index (χ4v) is 2.82. The van der Waals surface area contributed by atoms with Gasteiger partial charge in [-0.15, -0.1) is 0 Å². The summed E-state index contributed by atoms with van der Waals surface area (Å²) in [5.41, 5.74) is 0.709. The molecule has 1 heterocycles. The Morgan fingerprint density at radius 3 is 2.52 bits per heavy atom. The number of carbonyl (C=O) groups is 2. The minimum absolute atomic E-state index is 0.0473. The number of nitrogens with zero attached hydrogens (tertiary/aromatic N) is 1. The second kappa shape index (κ2) is 7.81. The average Bonchev–Trinajstić information content (AvgIpc) is 2.90. The van der Waals surface area contributed by atoms with Gasteiger partial charge in [0.05, 0.1) is 6.33 Å². The highest BCUT2D eigenvalue weighted by Crippen LogP contribution is 2.22. The van der Waals surface area contributed by atoms with Gasteiger partial charge in [-0.2, -0.15) is 0 Å². The summed E-state index contributed by atoms with van der Waals surface area (Å²) in [5.74, 6) is -1.18. The van der Waals surface area contributed by atoms with Crippen molar-refractivity contribution in [2.75, 3.05) is 0 Å². The summed E-state index contributed by atoms with van der Waals surface area (Å²) in [6, 6.07) is -0.900. The van der Waals surface area contributed by atoms with Crippen molar-refractivity contribution in [1.29, 1.82) is 0 Å². The Hall–Kier alpha value is -1.85. The monoisotopic (exact) mass is 293 g/mol. The molecule has 1 saturated carbocycles. The molecular formula is C15H23N3O3. The summed E-state index contributed by atoms with van der Waals surface area (Å²) < 4.78 is 0. The highest BCUT2D eigenvalue weighted by molar-refractivity contribution is 5.85. The molecule has 2 rings (SSSR count). The zero-order valence-electron chi connectivity index (χ0n) is 12.2. The van der Waals surface area contributed by atoms with Crippen molar-refractivity contribution < 1.29 is 14.7 Å². The summed E-state index contributed by atoms with van der Waals surface area (Å²) in [5, 5.41) is 12.0. The fourth-order valence-electron chi connectivity index (χ4n) is 2.82. The number of aromatic amines is 1. The van der Waals surface area contributed by atoms with Crippen LogP contribution in [-0.4, -0.2) is 33.0 Å². The maximum atomic E-state index is 12.3. The first kappa shape index (κ1) is 15.5. The minimum Gasteiger partial charge on any atom is -0.480 e. The molecule has 3 N–H and O–H groups in total. The van der Waals surface area contributed by atoms with Crippen LogP contribution in [0.2, 0.25) is 0 Å². The van der Waals surface area contributed by atoms with Gasteiger partial charge in [-0.05, 0) is 12.8 Å². The number of carboxylic acids is 1. The zero-order chi connectivity index (χ0) is 15.1. The van der Waals surface area contributed by atoms with Crippen LogP contribution in [0, 0.1) is 5.92 Å². The Bertz CT molecular complexity index is 451. The summed E-state index contributed by atoms with van der Waals surface area (Å²) in [4.78, 5) is 30.4. The smallest absolute Gasteiger partial charge is 0.326 e. The SMILES string of the molecule is O=C(N[C@H](Cc1cnc[nH]1)C(=O)O)C1CCCCCCC1. The lowest BCUT2D eigenvalue weighted by atomic mass is 9.90. The molecule has 0 bridgehead atoms. The van der Waals surface area contributed by atoms with Gasteiger partial charge in [0.1, 0.15) is 6.04 Å². The number of hydrogen-bond donors (Lipinski definition) is 3. The molecule has 21 heavy (non-hydrogen) atoms. The molecule has 0 aromatic carbocycles. The number of rotatable bonds is 5. The number of amides is 1. The molecular weight excluding hydrogens is 270 g/mol. The number of carboxylic acid groups (broad SMARTS) is 1. The maximum Gasteiger partial charge on any atom is 0.326 e. The summed E-state index contributed by atoms with van der Waals surface area (Å²) in [7, 11) is 0. The molecule has 0 aliphatic heterocycles. The highest BCUT2D eigenvalue weighted by atomic mass is 16.4. The molecule has 1 aromatic rings. The van der Waals surface area contributed by atoms with Crippen LogP contribution < -0.4 is 5.32 Å². The van der Waals surface area contributed by atoms with E-state index in [4.69, 9.17) is 0 Å². The summed E-state index contributed by atoms with van der Waals surface area (Å²) in [6.45, 7) is 0. The molecule has 0 unspecified atom stereocenters. The molecule has 1 amide bonds. The minimum atomic E-state index is -1.01. The topological polar surface area (TPSA) is 95.1 Å². The van der Waals surface area contributed by atoms with Gasteiger partial charge in [0, 0.05) is 24.2 Å². The van der Waals surface area contributed by atoms with Gasteiger partial charge >= 0.3 is 5.97 Å². The van der Waals surface area contributed by atoms with Crippen molar-refractivity contribution >= 4 is 11.9 Å². The molecule has 1 aromatic heterocycles. The normalized spacial score (nSPS) is 18.5. The van der Waals surface area contributed by atoms with Crippen LogP contribution >= 0.6 is 0 Å². The van der Waals surface area contributed by atoms with Gasteiger partial charge < -0.3 is 15.4 Å². The Morgan fingerprint density at radius 2 is 1.95 bits per heavy atom. The fraction of sp³-hybridized carbons (Fsp3) is 0.667. The maximum absolute atomic E-state index is 12.3. The highest BCUT2D eigenvalue weighted by Gasteiger charge is 2.26. The van der Waals surface area contributed by atoms with Crippen LogP contribution in [0.3, 0.4) is 0 Å². The standard InChI is InChI=1S/C15H23N3O3/c19-14(11-6-4-2-1-3-5-7-11)18-13(15(20)21)8-12-9-16-10-17-12/h9-11,13H,1-8H2,(H,16,17)(H,18,19)(H,20,21)/t13-/m1/s1. The van der Waals surface area contributed by atoms with Crippen molar-refractivity contribution in [2.24, 2.45) is 5.92 Å². The Balaban J connectivity index is 1.91. The third-order valence-electron chi connectivity index (χ3n) is 4.07.